The fraction of sp³-hybridized carbons (Fsp3) is 0.556. The smallest absolute Gasteiger partial charge is 0.340 e. The summed E-state index contributed by atoms with van der Waals surface area (Å²) >= 11 is 0. The Labute approximate surface area is 147 Å². The zero-order valence-electron chi connectivity index (χ0n) is 15.0. The Bertz CT molecular complexity index is 610. The second-order valence-corrected chi connectivity index (χ2v) is 5.60. The summed E-state index contributed by atoms with van der Waals surface area (Å²) in [5.74, 6) is -0.942. The van der Waals surface area contributed by atoms with Crippen LogP contribution in [0.15, 0.2) is 12.1 Å². The Balaban J connectivity index is 2.43. The molecule has 0 aromatic heterocycles. The minimum absolute atomic E-state index is 0.154. The predicted molar refractivity (Wildman–Crippen MR) is 92.4 cm³/mol. The number of carbonyl (C=O) groups is 2. The van der Waals surface area contributed by atoms with Crippen LogP contribution in [0.2, 0.25) is 0 Å². The second-order valence-electron chi connectivity index (χ2n) is 5.60. The van der Waals surface area contributed by atoms with Crippen molar-refractivity contribution in [1.29, 1.82) is 0 Å². The zero-order chi connectivity index (χ0) is 18.2. The van der Waals surface area contributed by atoms with Crippen LogP contribution >= 0.6 is 0 Å². The van der Waals surface area contributed by atoms with Gasteiger partial charge in [-0.3, -0.25) is 0 Å². The van der Waals surface area contributed by atoms with Gasteiger partial charge in [0.2, 0.25) is 0 Å². The van der Waals surface area contributed by atoms with Gasteiger partial charge in [-0.05, 0) is 24.1 Å². The Morgan fingerprint density at radius 3 is 2.40 bits per heavy atom. The van der Waals surface area contributed by atoms with Crippen molar-refractivity contribution in [2.45, 2.75) is 13.3 Å². The lowest BCUT2D eigenvalue weighted by molar-refractivity contribution is 0.0388. The van der Waals surface area contributed by atoms with E-state index in [1.54, 1.807) is 13.2 Å². The number of nitrogens with zero attached hydrogens (tertiary/aromatic N) is 1. The van der Waals surface area contributed by atoms with Gasteiger partial charge in [0, 0.05) is 20.2 Å². The third-order valence-electron chi connectivity index (χ3n) is 4.10. The Morgan fingerprint density at radius 2 is 1.80 bits per heavy atom. The van der Waals surface area contributed by atoms with Gasteiger partial charge in [-0.15, -0.1) is 0 Å². The van der Waals surface area contributed by atoms with Crippen molar-refractivity contribution in [2.75, 3.05) is 58.6 Å². The predicted octanol–water partition coefficient (Wildman–Crippen LogP) is 1.68. The maximum absolute atomic E-state index is 12.6. The summed E-state index contributed by atoms with van der Waals surface area (Å²) in [6.45, 7) is 4.98. The van der Waals surface area contributed by atoms with Crippen molar-refractivity contribution in [3.8, 4) is 0 Å². The van der Waals surface area contributed by atoms with Crippen LogP contribution < -0.4 is 4.90 Å². The van der Waals surface area contributed by atoms with E-state index >= 15 is 0 Å². The van der Waals surface area contributed by atoms with Gasteiger partial charge in [-0.25, -0.2) is 9.59 Å². The number of carbonyl (C=O) groups excluding carboxylic acids is 2. The molecular weight excluding hydrogens is 326 g/mol. The van der Waals surface area contributed by atoms with Gasteiger partial charge in [0.05, 0.1) is 43.7 Å². The summed E-state index contributed by atoms with van der Waals surface area (Å²) in [6, 6.07) is 3.45. The summed E-state index contributed by atoms with van der Waals surface area (Å²) in [6.07, 6.45) is 0.654. The van der Waals surface area contributed by atoms with E-state index in [4.69, 9.17) is 18.9 Å². The molecule has 1 saturated heterocycles. The molecule has 0 atom stereocenters. The molecule has 0 saturated carbocycles. The van der Waals surface area contributed by atoms with E-state index in [1.807, 2.05) is 13.0 Å². The van der Waals surface area contributed by atoms with E-state index in [2.05, 4.69) is 4.90 Å². The first kappa shape index (κ1) is 19.2. The number of aryl methyl sites for hydroxylation is 1. The molecule has 0 radical (unpaired) electrons. The van der Waals surface area contributed by atoms with E-state index in [0.29, 0.717) is 50.5 Å². The quantitative estimate of drug-likeness (QED) is 0.546. The van der Waals surface area contributed by atoms with Crippen LogP contribution in [0, 0.1) is 0 Å². The van der Waals surface area contributed by atoms with Crippen LogP contribution in [0.4, 0.5) is 5.69 Å². The van der Waals surface area contributed by atoms with Crippen molar-refractivity contribution in [2.24, 2.45) is 0 Å². The SMILES string of the molecule is CCc1cc(N2CCOCC2)c(C(=O)OCCOC)cc1C(=O)OC. The number of hydrogen-bond acceptors (Lipinski definition) is 7. The van der Waals surface area contributed by atoms with E-state index in [1.165, 1.54) is 7.11 Å². The van der Waals surface area contributed by atoms with Crippen molar-refractivity contribution < 1.29 is 28.5 Å². The number of benzene rings is 1. The fourth-order valence-electron chi connectivity index (χ4n) is 2.75. The third kappa shape index (κ3) is 4.70. The molecule has 25 heavy (non-hydrogen) atoms. The fourth-order valence-corrected chi connectivity index (χ4v) is 2.75. The molecule has 0 bridgehead atoms. The first-order chi connectivity index (χ1) is 12.1. The van der Waals surface area contributed by atoms with Crippen molar-refractivity contribution in [1.82, 2.24) is 0 Å². The third-order valence-corrected chi connectivity index (χ3v) is 4.10. The molecule has 1 aromatic carbocycles. The maximum atomic E-state index is 12.6. The number of anilines is 1. The highest BCUT2D eigenvalue weighted by molar-refractivity contribution is 6.01. The molecule has 2 rings (SSSR count). The second kappa shape index (κ2) is 9.39. The van der Waals surface area contributed by atoms with Crippen LogP contribution in [0.1, 0.15) is 33.2 Å². The minimum atomic E-state index is -0.480. The molecule has 1 fully saturated rings. The van der Waals surface area contributed by atoms with Crippen molar-refractivity contribution in [3.63, 3.8) is 0 Å². The van der Waals surface area contributed by atoms with E-state index in [0.717, 1.165) is 11.3 Å². The van der Waals surface area contributed by atoms with Crippen LogP contribution in [-0.4, -0.2) is 65.7 Å². The topological polar surface area (TPSA) is 74.3 Å². The number of morpholine rings is 1. The molecule has 138 valence electrons. The Hall–Kier alpha value is -2.12. The summed E-state index contributed by atoms with van der Waals surface area (Å²) in [7, 11) is 2.87. The number of hydrogen-bond donors (Lipinski definition) is 0. The van der Waals surface area contributed by atoms with Crippen LogP contribution in [-0.2, 0) is 25.4 Å². The highest BCUT2D eigenvalue weighted by Crippen LogP contribution is 2.28. The number of esters is 2. The molecule has 1 heterocycles. The van der Waals surface area contributed by atoms with E-state index in [-0.39, 0.29) is 6.61 Å². The number of ether oxygens (including phenoxy) is 4. The summed E-state index contributed by atoms with van der Waals surface area (Å²) in [5.41, 5.74) is 2.34. The average Bonchev–Trinajstić information content (AvgIpc) is 2.67. The maximum Gasteiger partial charge on any atom is 0.340 e. The first-order valence-electron chi connectivity index (χ1n) is 8.36. The molecule has 0 spiro atoms. The van der Waals surface area contributed by atoms with Gasteiger partial charge in [-0.2, -0.15) is 0 Å². The minimum Gasteiger partial charge on any atom is -0.465 e. The highest BCUT2D eigenvalue weighted by atomic mass is 16.6. The number of rotatable bonds is 7. The summed E-state index contributed by atoms with van der Waals surface area (Å²) in [5, 5.41) is 0. The zero-order valence-corrected chi connectivity index (χ0v) is 15.0. The molecule has 1 aliphatic heterocycles. The molecule has 1 aromatic rings. The van der Waals surface area contributed by atoms with Crippen molar-refractivity contribution >= 4 is 17.6 Å². The standard InChI is InChI=1S/C18H25NO6/c1-4-13-11-16(19-5-7-24-8-6-19)15(12-14(13)17(20)23-3)18(21)25-10-9-22-2/h11-12H,4-10H2,1-3H3. The molecular formula is C18H25NO6. The molecule has 0 amide bonds. The summed E-state index contributed by atoms with van der Waals surface area (Å²) in [4.78, 5) is 26.7. The normalized spacial score (nSPS) is 14.3. The first-order valence-corrected chi connectivity index (χ1v) is 8.36. The lowest BCUT2D eigenvalue weighted by atomic mass is 9.99. The van der Waals surface area contributed by atoms with Crippen LogP contribution in [0.3, 0.4) is 0 Å². The monoisotopic (exact) mass is 351 g/mol. The van der Waals surface area contributed by atoms with Gasteiger partial charge < -0.3 is 23.8 Å². The van der Waals surface area contributed by atoms with E-state index in [9.17, 15) is 9.59 Å². The lowest BCUT2D eigenvalue weighted by Crippen LogP contribution is -2.37. The molecule has 0 aliphatic carbocycles. The van der Waals surface area contributed by atoms with Crippen LogP contribution in [0.5, 0.6) is 0 Å². The molecule has 7 nitrogen and oxygen atoms in total. The Morgan fingerprint density at radius 1 is 1.08 bits per heavy atom. The molecule has 7 heteroatoms. The summed E-state index contributed by atoms with van der Waals surface area (Å²) < 4.78 is 20.4. The molecule has 0 N–H and O–H groups in total. The van der Waals surface area contributed by atoms with Gasteiger partial charge in [-0.1, -0.05) is 6.92 Å². The van der Waals surface area contributed by atoms with Gasteiger partial charge in [0.1, 0.15) is 6.61 Å². The Kier molecular flexibility index (Phi) is 7.21. The highest BCUT2D eigenvalue weighted by Gasteiger charge is 2.24. The van der Waals surface area contributed by atoms with Gasteiger partial charge >= 0.3 is 11.9 Å². The lowest BCUT2D eigenvalue weighted by Gasteiger charge is -2.31. The largest absolute Gasteiger partial charge is 0.465 e. The van der Waals surface area contributed by atoms with E-state index < -0.39 is 11.9 Å². The molecule has 1 aliphatic rings. The van der Waals surface area contributed by atoms with Crippen molar-refractivity contribution in [3.05, 3.63) is 28.8 Å². The number of methoxy groups -OCH3 is 2. The van der Waals surface area contributed by atoms with Crippen LogP contribution in [0.25, 0.3) is 0 Å². The van der Waals surface area contributed by atoms with Gasteiger partial charge in [0.15, 0.2) is 0 Å². The van der Waals surface area contributed by atoms with Gasteiger partial charge in [0.25, 0.3) is 0 Å². The average molecular weight is 351 g/mol. The molecule has 0 unspecified atom stereocenters.